The van der Waals surface area contributed by atoms with E-state index in [2.05, 4.69) is 13.8 Å². The Bertz CT molecular complexity index is 722. The minimum Gasteiger partial charge on any atom is -0.478 e. The van der Waals surface area contributed by atoms with Gasteiger partial charge >= 0.3 is 5.97 Å². The van der Waals surface area contributed by atoms with Crippen molar-refractivity contribution in [2.24, 2.45) is 35.0 Å². The molecule has 2 N–H and O–H groups in total. The molecule has 3 fully saturated rings. The quantitative estimate of drug-likeness (QED) is 0.696. The zero-order valence-corrected chi connectivity index (χ0v) is 17.2. The fourth-order valence-electron chi connectivity index (χ4n) is 7.87. The first-order chi connectivity index (χ1) is 13.3. The van der Waals surface area contributed by atoms with Gasteiger partial charge < -0.3 is 10.2 Å². The van der Waals surface area contributed by atoms with Crippen LogP contribution in [0, 0.1) is 35.0 Å². The average molecular weight is 387 g/mol. The van der Waals surface area contributed by atoms with Crippen molar-refractivity contribution in [1.82, 2.24) is 0 Å². The second-order valence-electron chi connectivity index (χ2n) is 9.73. The molecule has 3 saturated carbocycles. The third-order valence-corrected chi connectivity index (χ3v) is 9.03. The van der Waals surface area contributed by atoms with Gasteiger partial charge in [0.05, 0.1) is 5.60 Å². The molecule has 0 saturated heterocycles. The summed E-state index contributed by atoms with van der Waals surface area (Å²) in [6, 6.07) is 0. The van der Waals surface area contributed by atoms with E-state index in [1.807, 2.05) is 6.08 Å². The highest BCUT2D eigenvalue weighted by molar-refractivity contribution is 5.91. The van der Waals surface area contributed by atoms with Gasteiger partial charge in [-0.05, 0) is 86.7 Å². The number of allylic oxidation sites excluding steroid dienone is 1. The second kappa shape index (κ2) is 7.12. The molecule has 4 aliphatic rings. The maximum atomic E-state index is 12.0. The lowest BCUT2D eigenvalue weighted by Gasteiger charge is -2.58. The van der Waals surface area contributed by atoms with Gasteiger partial charge in [0.25, 0.3) is 0 Å². The van der Waals surface area contributed by atoms with Crippen LogP contribution in [0.3, 0.4) is 0 Å². The highest BCUT2D eigenvalue weighted by atomic mass is 16.4. The monoisotopic (exact) mass is 386 g/mol. The van der Waals surface area contributed by atoms with Gasteiger partial charge in [0.15, 0.2) is 5.78 Å². The molecule has 154 valence electrons. The van der Waals surface area contributed by atoms with Crippen molar-refractivity contribution in [1.29, 1.82) is 0 Å². The number of ketones is 1. The van der Waals surface area contributed by atoms with Gasteiger partial charge in [-0.3, -0.25) is 4.79 Å². The summed E-state index contributed by atoms with van der Waals surface area (Å²) in [4.78, 5) is 23.1. The summed E-state index contributed by atoms with van der Waals surface area (Å²) in [6.07, 6.45) is 13.1. The molecule has 0 aromatic rings. The van der Waals surface area contributed by atoms with E-state index in [0.717, 1.165) is 51.0 Å². The molecule has 0 aromatic carbocycles. The molecule has 4 nitrogen and oxygen atoms in total. The largest absolute Gasteiger partial charge is 0.478 e. The summed E-state index contributed by atoms with van der Waals surface area (Å²) in [6.45, 7) is 4.44. The van der Waals surface area contributed by atoms with Gasteiger partial charge in [0.2, 0.25) is 0 Å². The van der Waals surface area contributed by atoms with Crippen molar-refractivity contribution in [3.63, 3.8) is 0 Å². The van der Waals surface area contributed by atoms with E-state index in [-0.39, 0.29) is 5.41 Å². The van der Waals surface area contributed by atoms with Crippen LogP contribution in [0.2, 0.25) is 0 Å². The van der Waals surface area contributed by atoms with Gasteiger partial charge in [-0.2, -0.15) is 0 Å². The van der Waals surface area contributed by atoms with Gasteiger partial charge in [-0.1, -0.05) is 25.8 Å². The molecule has 0 amide bonds. The summed E-state index contributed by atoms with van der Waals surface area (Å²) in [7, 11) is 0. The van der Waals surface area contributed by atoms with Crippen LogP contribution in [0.4, 0.5) is 0 Å². The van der Waals surface area contributed by atoms with Gasteiger partial charge in [0.1, 0.15) is 0 Å². The van der Waals surface area contributed by atoms with E-state index >= 15 is 0 Å². The number of aliphatic hydroxyl groups is 1. The Morgan fingerprint density at radius 1 is 1.25 bits per heavy atom. The molecule has 0 unspecified atom stereocenters. The van der Waals surface area contributed by atoms with Crippen molar-refractivity contribution in [3.8, 4) is 0 Å². The Kier molecular flexibility index (Phi) is 5.06. The number of carbonyl (C=O) groups is 2. The van der Waals surface area contributed by atoms with Crippen molar-refractivity contribution in [2.75, 3.05) is 0 Å². The van der Waals surface area contributed by atoms with Crippen LogP contribution < -0.4 is 0 Å². The van der Waals surface area contributed by atoms with Crippen molar-refractivity contribution >= 4 is 11.8 Å². The minimum absolute atomic E-state index is 0.209. The van der Waals surface area contributed by atoms with Crippen LogP contribution in [0.15, 0.2) is 23.8 Å². The Balaban J connectivity index is 1.71. The van der Waals surface area contributed by atoms with Crippen molar-refractivity contribution in [3.05, 3.63) is 23.8 Å². The molecule has 4 aliphatic carbocycles. The maximum absolute atomic E-state index is 12.0. The number of hydrogen-bond acceptors (Lipinski definition) is 3. The molecular weight excluding hydrogens is 352 g/mol. The Hall–Kier alpha value is -1.42. The lowest BCUT2D eigenvalue weighted by Crippen LogP contribution is -2.55. The molecule has 0 aliphatic heterocycles. The molecule has 4 heteroatoms. The van der Waals surface area contributed by atoms with E-state index in [1.54, 1.807) is 6.08 Å². The lowest BCUT2D eigenvalue weighted by atomic mass is 9.47. The highest BCUT2D eigenvalue weighted by Gasteiger charge is 2.64. The zero-order valence-electron chi connectivity index (χ0n) is 17.2. The SMILES string of the molecule is CC[C@H]1CC2=CC(=O)CC[C@@H]2[C@H]2CC[C@@]3(CC)[C@@H](CC[C@@]3(O)/C=C\C(=O)O)[C@H]12. The van der Waals surface area contributed by atoms with E-state index < -0.39 is 11.6 Å². The second-order valence-corrected chi connectivity index (χ2v) is 9.73. The highest BCUT2D eigenvalue weighted by Crippen LogP contribution is 2.67. The number of carbonyl (C=O) groups excluding carboxylic acids is 1. The lowest BCUT2D eigenvalue weighted by molar-refractivity contribution is -0.132. The maximum Gasteiger partial charge on any atom is 0.328 e. The smallest absolute Gasteiger partial charge is 0.328 e. The zero-order chi connectivity index (χ0) is 20.1. The van der Waals surface area contributed by atoms with E-state index in [9.17, 15) is 14.7 Å². The van der Waals surface area contributed by atoms with Crippen LogP contribution in [-0.4, -0.2) is 27.6 Å². The van der Waals surface area contributed by atoms with Gasteiger partial charge in [0, 0.05) is 17.9 Å². The molecule has 0 bridgehead atoms. The number of carboxylic acids is 1. The molecule has 0 spiro atoms. The molecule has 7 atom stereocenters. The topological polar surface area (TPSA) is 74.6 Å². The Labute approximate surface area is 168 Å². The summed E-state index contributed by atoms with van der Waals surface area (Å²) in [5.41, 5.74) is 0.179. The molecule has 28 heavy (non-hydrogen) atoms. The standard InChI is InChI=1S/C24H34O4/c1-3-15-13-16-14-17(25)5-6-18(16)19-7-10-23(4-2)20(22(15)19)8-11-24(23,28)12-9-21(26)27/h9,12,14-15,18-20,22,28H,3-8,10-11,13H2,1-2H3,(H,26,27)/b12-9-/t15-,18-,19+,20-,22+,23-,24+/m0/s1. The molecule has 0 radical (unpaired) electrons. The molecular formula is C24H34O4. The van der Waals surface area contributed by atoms with Crippen LogP contribution in [-0.2, 0) is 9.59 Å². The predicted molar refractivity (Wildman–Crippen MR) is 108 cm³/mol. The van der Waals surface area contributed by atoms with Gasteiger partial charge in [-0.15, -0.1) is 0 Å². The Morgan fingerprint density at radius 2 is 2.04 bits per heavy atom. The van der Waals surface area contributed by atoms with E-state index in [1.165, 1.54) is 5.57 Å². The number of hydrogen-bond donors (Lipinski definition) is 2. The van der Waals surface area contributed by atoms with Crippen LogP contribution in [0.25, 0.3) is 0 Å². The number of rotatable bonds is 4. The average Bonchev–Trinajstić information content (AvgIpc) is 2.98. The van der Waals surface area contributed by atoms with Crippen molar-refractivity contribution in [2.45, 2.75) is 77.2 Å². The van der Waals surface area contributed by atoms with Crippen molar-refractivity contribution < 1.29 is 19.8 Å². The normalized spacial score (nSPS) is 45.3. The number of aliphatic carboxylic acids is 1. The Morgan fingerprint density at radius 3 is 2.71 bits per heavy atom. The molecule has 4 rings (SSSR count). The van der Waals surface area contributed by atoms with Gasteiger partial charge in [-0.25, -0.2) is 4.79 Å². The third kappa shape index (κ3) is 2.82. The summed E-state index contributed by atoms with van der Waals surface area (Å²) >= 11 is 0. The first-order valence-corrected chi connectivity index (χ1v) is 11.2. The summed E-state index contributed by atoms with van der Waals surface area (Å²) in [5.74, 6) is 2.08. The predicted octanol–water partition coefficient (Wildman–Crippen LogP) is 4.53. The molecule has 0 aromatic heterocycles. The third-order valence-electron chi connectivity index (χ3n) is 9.03. The molecule has 0 heterocycles. The number of carboxylic acid groups (broad SMARTS) is 1. The van der Waals surface area contributed by atoms with E-state index in [4.69, 9.17) is 5.11 Å². The number of fused-ring (bicyclic) bond motifs is 5. The fraction of sp³-hybridized carbons (Fsp3) is 0.750. The van der Waals surface area contributed by atoms with Crippen LogP contribution in [0.1, 0.15) is 71.6 Å². The first kappa shape index (κ1) is 19.9. The summed E-state index contributed by atoms with van der Waals surface area (Å²) < 4.78 is 0. The first-order valence-electron chi connectivity index (χ1n) is 11.2. The van der Waals surface area contributed by atoms with Crippen LogP contribution in [0.5, 0.6) is 0 Å². The fourth-order valence-corrected chi connectivity index (χ4v) is 7.87. The minimum atomic E-state index is -1.01. The summed E-state index contributed by atoms with van der Waals surface area (Å²) in [5, 5.41) is 20.7. The van der Waals surface area contributed by atoms with Crippen LogP contribution >= 0.6 is 0 Å². The van der Waals surface area contributed by atoms with E-state index in [0.29, 0.717) is 48.2 Å².